The van der Waals surface area contributed by atoms with Gasteiger partial charge in [-0.2, -0.15) is 0 Å². The Hall–Kier alpha value is -1.44. The molecule has 0 fully saturated rings. The van der Waals surface area contributed by atoms with E-state index in [9.17, 15) is 0 Å². The van der Waals surface area contributed by atoms with E-state index in [1.54, 1.807) is 0 Å². The Morgan fingerprint density at radius 1 is 0.923 bits per heavy atom. The van der Waals surface area contributed by atoms with E-state index >= 15 is 0 Å². The second kappa shape index (κ2) is 2.80. The van der Waals surface area contributed by atoms with E-state index in [1.807, 2.05) is 0 Å². The predicted molar refractivity (Wildman–Crippen MR) is 54.8 cm³/mol. The van der Waals surface area contributed by atoms with Crippen molar-refractivity contribution < 1.29 is 0 Å². The molecule has 0 radical (unpaired) electrons. The maximum Gasteiger partial charge on any atom is 0.0474 e. The summed E-state index contributed by atoms with van der Waals surface area (Å²) in [5.74, 6) is 0. The lowest BCUT2D eigenvalue weighted by atomic mass is 10.2. The zero-order chi connectivity index (χ0) is 9.42. The Kier molecular flexibility index (Phi) is 1.76. The van der Waals surface area contributed by atoms with Crippen LogP contribution >= 0.6 is 0 Å². The zero-order valence-electron chi connectivity index (χ0n) is 8.23. The molecule has 0 bridgehead atoms. The largest absolute Gasteiger partial charge is 0.362 e. The van der Waals surface area contributed by atoms with Crippen LogP contribution in [0.5, 0.6) is 0 Å². The summed E-state index contributed by atoms with van der Waals surface area (Å²) in [6, 6.07) is 6.38. The maximum absolute atomic E-state index is 3.33. The first-order valence-corrected chi connectivity index (χ1v) is 4.49. The fraction of sp³-hybridized carbons (Fsp3) is 0.273. The third kappa shape index (κ3) is 1.39. The van der Waals surface area contributed by atoms with Gasteiger partial charge < -0.3 is 9.97 Å². The van der Waals surface area contributed by atoms with Crippen molar-refractivity contribution in [2.45, 2.75) is 20.8 Å². The van der Waals surface area contributed by atoms with Crippen LogP contribution in [0, 0.1) is 20.8 Å². The summed E-state index contributed by atoms with van der Waals surface area (Å²) in [6.45, 7) is 6.24. The van der Waals surface area contributed by atoms with Crippen LogP contribution in [0.4, 0.5) is 0 Å². The van der Waals surface area contributed by atoms with Crippen LogP contribution in [0.1, 0.15) is 17.1 Å². The molecule has 0 saturated heterocycles. The van der Waals surface area contributed by atoms with Crippen LogP contribution < -0.4 is 0 Å². The molecule has 0 unspecified atom stereocenters. The van der Waals surface area contributed by atoms with Crippen molar-refractivity contribution in [2.24, 2.45) is 0 Å². The molecule has 0 aliphatic heterocycles. The number of hydrogen-bond acceptors (Lipinski definition) is 0. The lowest BCUT2D eigenvalue weighted by Gasteiger charge is -1.94. The average Bonchev–Trinajstić information content (AvgIpc) is 2.58. The van der Waals surface area contributed by atoms with Crippen molar-refractivity contribution in [2.75, 3.05) is 0 Å². The highest BCUT2D eigenvalue weighted by Gasteiger charge is 2.05. The summed E-state index contributed by atoms with van der Waals surface area (Å²) in [5, 5.41) is 0. The lowest BCUT2D eigenvalue weighted by Crippen LogP contribution is -1.78. The second-order valence-corrected chi connectivity index (χ2v) is 3.55. The SMILES string of the molecule is Cc1ccc(-c2cc(C)[nH]c2C)[nH]1. The number of rotatable bonds is 1. The third-order valence-corrected chi connectivity index (χ3v) is 2.27. The molecule has 2 heterocycles. The molecule has 0 aromatic carbocycles. The van der Waals surface area contributed by atoms with Crippen molar-refractivity contribution in [3.63, 3.8) is 0 Å². The summed E-state index contributed by atoms with van der Waals surface area (Å²) in [5.41, 5.74) is 6.09. The van der Waals surface area contributed by atoms with Gasteiger partial charge in [-0.15, -0.1) is 0 Å². The molecule has 13 heavy (non-hydrogen) atoms. The Morgan fingerprint density at radius 2 is 1.69 bits per heavy atom. The second-order valence-electron chi connectivity index (χ2n) is 3.55. The van der Waals surface area contributed by atoms with Crippen LogP contribution in [-0.2, 0) is 0 Å². The minimum Gasteiger partial charge on any atom is -0.362 e. The Bertz CT molecular complexity index is 421. The summed E-state index contributed by atoms with van der Waals surface area (Å²) in [7, 11) is 0. The van der Waals surface area contributed by atoms with Gasteiger partial charge in [-0.25, -0.2) is 0 Å². The fourth-order valence-corrected chi connectivity index (χ4v) is 1.66. The van der Waals surface area contributed by atoms with E-state index in [1.165, 1.54) is 28.3 Å². The van der Waals surface area contributed by atoms with Gasteiger partial charge in [0.25, 0.3) is 0 Å². The summed E-state index contributed by atoms with van der Waals surface area (Å²) < 4.78 is 0. The number of nitrogens with one attached hydrogen (secondary N) is 2. The van der Waals surface area contributed by atoms with Gasteiger partial charge in [-0.3, -0.25) is 0 Å². The van der Waals surface area contributed by atoms with E-state index in [-0.39, 0.29) is 0 Å². The van der Waals surface area contributed by atoms with Gasteiger partial charge in [0.15, 0.2) is 0 Å². The highest BCUT2D eigenvalue weighted by atomic mass is 14.8. The molecule has 2 rings (SSSR count). The quantitative estimate of drug-likeness (QED) is 0.666. The van der Waals surface area contributed by atoms with Gasteiger partial charge >= 0.3 is 0 Å². The molecule has 0 aliphatic rings. The Labute approximate surface area is 78.0 Å². The highest BCUT2D eigenvalue weighted by Crippen LogP contribution is 2.23. The monoisotopic (exact) mass is 174 g/mol. The molecule has 2 aromatic heterocycles. The predicted octanol–water partition coefficient (Wildman–Crippen LogP) is 2.94. The normalized spacial score (nSPS) is 10.7. The van der Waals surface area contributed by atoms with Crippen LogP contribution in [0.15, 0.2) is 18.2 Å². The van der Waals surface area contributed by atoms with E-state index in [2.05, 4.69) is 48.9 Å². The van der Waals surface area contributed by atoms with Crippen LogP contribution in [-0.4, -0.2) is 9.97 Å². The molecule has 2 heteroatoms. The number of aromatic nitrogens is 2. The van der Waals surface area contributed by atoms with Crippen molar-refractivity contribution in [3.05, 3.63) is 35.3 Å². The number of H-pyrrole nitrogens is 2. The van der Waals surface area contributed by atoms with Gasteiger partial charge in [0.2, 0.25) is 0 Å². The van der Waals surface area contributed by atoms with Crippen molar-refractivity contribution in [1.29, 1.82) is 0 Å². The van der Waals surface area contributed by atoms with Crippen LogP contribution in [0.3, 0.4) is 0 Å². The molecule has 2 N–H and O–H groups in total. The molecule has 0 aliphatic carbocycles. The van der Waals surface area contributed by atoms with Crippen molar-refractivity contribution >= 4 is 0 Å². The highest BCUT2D eigenvalue weighted by molar-refractivity contribution is 5.63. The van der Waals surface area contributed by atoms with Gasteiger partial charge in [0.05, 0.1) is 0 Å². The molecule has 68 valence electrons. The van der Waals surface area contributed by atoms with Gasteiger partial charge in [-0.05, 0) is 39.0 Å². The van der Waals surface area contributed by atoms with Crippen molar-refractivity contribution in [1.82, 2.24) is 9.97 Å². The van der Waals surface area contributed by atoms with E-state index in [4.69, 9.17) is 0 Å². The standard InChI is InChI=1S/C11H14N2/c1-7-4-5-11(13-7)10-6-8(2)12-9(10)3/h4-6,12-13H,1-3H3. The fourth-order valence-electron chi connectivity index (χ4n) is 1.66. The first-order chi connectivity index (χ1) is 6.16. The lowest BCUT2D eigenvalue weighted by molar-refractivity contribution is 1.18. The summed E-state index contributed by atoms with van der Waals surface area (Å²) in [4.78, 5) is 6.62. The summed E-state index contributed by atoms with van der Waals surface area (Å²) >= 11 is 0. The molecular weight excluding hydrogens is 160 g/mol. The van der Waals surface area contributed by atoms with E-state index in [0.29, 0.717) is 0 Å². The molecule has 0 atom stereocenters. The molecular formula is C11H14N2. The topological polar surface area (TPSA) is 31.6 Å². The number of aryl methyl sites for hydroxylation is 3. The smallest absolute Gasteiger partial charge is 0.0474 e. The number of hydrogen-bond donors (Lipinski definition) is 2. The van der Waals surface area contributed by atoms with E-state index in [0.717, 1.165) is 0 Å². The first-order valence-electron chi connectivity index (χ1n) is 4.49. The van der Waals surface area contributed by atoms with Crippen LogP contribution in [0.25, 0.3) is 11.3 Å². The van der Waals surface area contributed by atoms with Gasteiger partial charge in [-0.1, -0.05) is 0 Å². The molecule has 0 amide bonds. The Balaban J connectivity index is 2.51. The minimum absolute atomic E-state index is 1.19. The first kappa shape index (κ1) is 8.17. The van der Waals surface area contributed by atoms with Crippen molar-refractivity contribution in [3.8, 4) is 11.3 Å². The number of aromatic amines is 2. The van der Waals surface area contributed by atoms with E-state index < -0.39 is 0 Å². The minimum atomic E-state index is 1.19. The third-order valence-electron chi connectivity index (χ3n) is 2.27. The Morgan fingerprint density at radius 3 is 2.15 bits per heavy atom. The average molecular weight is 174 g/mol. The molecule has 2 aromatic rings. The maximum atomic E-state index is 3.33. The van der Waals surface area contributed by atoms with Gasteiger partial charge in [0.1, 0.15) is 0 Å². The molecule has 2 nitrogen and oxygen atoms in total. The van der Waals surface area contributed by atoms with Crippen LogP contribution in [0.2, 0.25) is 0 Å². The van der Waals surface area contributed by atoms with Gasteiger partial charge in [0, 0.05) is 28.3 Å². The summed E-state index contributed by atoms with van der Waals surface area (Å²) in [6.07, 6.45) is 0. The molecule has 0 saturated carbocycles. The molecule has 0 spiro atoms. The zero-order valence-corrected chi connectivity index (χ0v) is 8.23.